The van der Waals surface area contributed by atoms with Crippen LogP contribution in [0.3, 0.4) is 0 Å². The van der Waals surface area contributed by atoms with Gasteiger partial charge in [0.15, 0.2) is 0 Å². The molecule has 1 aliphatic heterocycles. The maximum Gasteiger partial charge on any atom is 0.225 e. The summed E-state index contributed by atoms with van der Waals surface area (Å²) < 4.78 is 0. The molecule has 96 valence electrons. The summed E-state index contributed by atoms with van der Waals surface area (Å²) in [5.41, 5.74) is 5.89. The molecule has 3 rings (SSSR count). The molecule has 2 heterocycles. The zero-order valence-electron chi connectivity index (χ0n) is 10.1. The minimum Gasteiger partial charge on any atom is -0.393 e. The van der Waals surface area contributed by atoms with E-state index in [1.165, 1.54) is 0 Å². The lowest BCUT2D eigenvalue weighted by Crippen LogP contribution is -2.27. The number of hydrogen-bond acceptors (Lipinski definition) is 5. The van der Waals surface area contributed by atoms with E-state index in [1.807, 2.05) is 0 Å². The highest BCUT2D eigenvalue weighted by molar-refractivity contribution is 5.93. The second-order valence-corrected chi connectivity index (χ2v) is 5.13. The highest BCUT2D eigenvalue weighted by Gasteiger charge is 2.42. The molecule has 1 saturated carbocycles. The lowest BCUT2D eigenvalue weighted by molar-refractivity contribution is 0.133. The predicted molar refractivity (Wildman–Crippen MR) is 67.5 cm³/mol. The van der Waals surface area contributed by atoms with E-state index in [0.29, 0.717) is 23.5 Å². The summed E-state index contributed by atoms with van der Waals surface area (Å²) in [6.45, 7) is 1.69. The van der Waals surface area contributed by atoms with Crippen LogP contribution in [0.15, 0.2) is 12.3 Å². The van der Waals surface area contributed by atoms with Gasteiger partial charge < -0.3 is 15.7 Å². The summed E-state index contributed by atoms with van der Waals surface area (Å²) >= 11 is 0. The molecule has 4 N–H and O–H groups in total. The Morgan fingerprint density at radius 3 is 3.00 bits per heavy atom. The Morgan fingerprint density at radius 2 is 2.28 bits per heavy atom. The van der Waals surface area contributed by atoms with Crippen LogP contribution in [0, 0.1) is 17.2 Å². The Labute approximate surface area is 105 Å². The summed E-state index contributed by atoms with van der Waals surface area (Å²) in [5.74, 6) is 1.46. The van der Waals surface area contributed by atoms with Crippen molar-refractivity contribution in [2.45, 2.75) is 18.9 Å². The molecule has 0 bridgehead atoms. The lowest BCUT2D eigenvalue weighted by atomic mass is 10.00. The molecule has 3 unspecified atom stereocenters. The molecule has 1 aromatic heterocycles. The lowest BCUT2D eigenvalue weighted by Gasteiger charge is -2.18. The van der Waals surface area contributed by atoms with Crippen LogP contribution in [-0.2, 0) is 0 Å². The zero-order chi connectivity index (χ0) is 12.7. The first-order chi connectivity index (χ1) is 8.65. The van der Waals surface area contributed by atoms with Crippen LogP contribution >= 0.6 is 0 Å². The summed E-state index contributed by atoms with van der Waals surface area (Å²) in [4.78, 5) is 10.6. The fourth-order valence-corrected chi connectivity index (χ4v) is 3.05. The Balaban J connectivity index is 1.80. The second kappa shape index (κ2) is 4.20. The first-order valence-electron chi connectivity index (χ1n) is 6.25. The Morgan fingerprint density at radius 1 is 1.44 bits per heavy atom. The van der Waals surface area contributed by atoms with Crippen molar-refractivity contribution in [1.82, 2.24) is 9.97 Å². The van der Waals surface area contributed by atoms with Crippen LogP contribution in [0.25, 0.3) is 0 Å². The molecule has 2 aliphatic rings. The monoisotopic (exact) mass is 247 g/mol. The number of aliphatic hydroxyl groups excluding tert-OH is 1. The van der Waals surface area contributed by atoms with Crippen molar-refractivity contribution in [1.29, 1.82) is 5.41 Å². The second-order valence-electron chi connectivity index (χ2n) is 5.13. The van der Waals surface area contributed by atoms with Crippen molar-refractivity contribution in [3.8, 4) is 0 Å². The smallest absolute Gasteiger partial charge is 0.225 e. The number of nitrogens with two attached hydrogens (primary N) is 1. The summed E-state index contributed by atoms with van der Waals surface area (Å²) in [7, 11) is 0. The van der Waals surface area contributed by atoms with Crippen molar-refractivity contribution >= 4 is 11.8 Å². The topological polar surface area (TPSA) is 99.1 Å². The van der Waals surface area contributed by atoms with Crippen LogP contribution < -0.4 is 10.6 Å². The summed E-state index contributed by atoms with van der Waals surface area (Å²) in [6, 6.07) is 1.64. The third-order valence-electron chi connectivity index (χ3n) is 4.02. The first kappa shape index (κ1) is 11.4. The Bertz CT molecular complexity index is 477. The molecule has 6 nitrogen and oxygen atoms in total. The van der Waals surface area contributed by atoms with Gasteiger partial charge in [-0.2, -0.15) is 0 Å². The van der Waals surface area contributed by atoms with Gasteiger partial charge in [0.1, 0.15) is 11.5 Å². The Hall–Kier alpha value is -1.69. The number of aromatic nitrogens is 2. The summed E-state index contributed by atoms with van der Waals surface area (Å²) in [6.07, 6.45) is 3.44. The number of hydrogen-bond donors (Lipinski definition) is 3. The molecule has 0 aromatic carbocycles. The maximum absolute atomic E-state index is 9.89. The molecule has 1 saturated heterocycles. The van der Waals surface area contributed by atoms with Gasteiger partial charge in [-0.15, -0.1) is 0 Å². The molecule has 3 atom stereocenters. The number of anilines is 1. The largest absolute Gasteiger partial charge is 0.393 e. The summed E-state index contributed by atoms with van der Waals surface area (Å²) in [5, 5.41) is 17.3. The van der Waals surface area contributed by atoms with Crippen molar-refractivity contribution in [3.63, 3.8) is 0 Å². The van der Waals surface area contributed by atoms with Gasteiger partial charge in [-0.1, -0.05) is 0 Å². The van der Waals surface area contributed by atoms with E-state index < -0.39 is 0 Å². The third-order valence-corrected chi connectivity index (χ3v) is 4.02. The average molecular weight is 247 g/mol. The number of amidine groups is 1. The predicted octanol–water partition coefficient (Wildman–Crippen LogP) is -0.0322. The minimum absolute atomic E-state index is 0.0434. The van der Waals surface area contributed by atoms with E-state index >= 15 is 0 Å². The van der Waals surface area contributed by atoms with Crippen molar-refractivity contribution < 1.29 is 5.11 Å². The molecular weight excluding hydrogens is 230 g/mol. The average Bonchev–Trinajstić information content (AvgIpc) is 2.92. The molecule has 2 fully saturated rings. The number of nitrogens with one attached hydrogen (secondary N) is 1. The van der Waals surface area contributed by atoms with Crippen LogP contribution in [0.4, 0.5) is 5.95 Å². The van der Waals surface area contributed by atoms with Gasteiger partial charge in [0, 0.05) is 25.2 Å². The van der Waals surface area contributed by atoms with Gasteiger partial charge in [-0.3, -0.25) is 5.41 Å². The van der Waals surface area contributed by atoms with E-state index in [0.717, 1.165) is 25.9 Å². The van der Waals surface area contributed by atoms with Gasteiger partial charge in [0.25, 0.3) is 0 Å². The first-order valence-corrected chi connectivity index (χ1v) is 6.25. The van der Waals surface area contributed by atoms with Crippen molar-refractivity contribution in [2.24, 2.45) is 17.6 Å². The molecule has 0 spiro atoms. The molecule has 1 aliphatic carbocycles. The highest BCUT2D eigenvalue weighted by atomic mass is 16.3. The number of nitrogen functional groups attached to an aromatic ring is 1. The number of nitrogens with zero attached hydrogens (tertiary/aromatic N) is 3. The van der Waals surface area contributed by atoms with Crippen LogP contribution in [0.1, 0.15) is 18.5 Å². The zero-order valence-corrected chi connectivity index (χ0v) is 10.1. The quantitative estimate of drug-likeness (QED) is 0.503. The fourth-order valence-electron chi connectivity index (χ4n) is 3.05. The van der Waals surface area contributed by atoms with E-state index in [9.17, 15) is 5.11 Å². The molecule has 0 amide bonds. The van der Waals surface area contributed by atoms with Crippen molar-refractivity contribution in [3.05, 3.63) is 18.0 Å². The van der Waals surface area contributed by atoms with Crippen LogP contribution in [-0.4, -0.2) is 40.1 Å². The van der Waals surface area contributed by atoms with Crippen molar-refractivity contribution in [2.75, 3.05) is 18.0 Å². The highest BCUT2D eigenvalue weighted by Crippen LogP contribution is 2.38. The van der Waals surface area contributed by atoms with Gasteiger partial charge >= 0.3 is 0 Å². The molecule has 6 heteroatoms. The SMILES string of the molecule is N=C(N)c1ccnc(N2CC3CCC(O)C3C2)n1. The molecule has 1 aromatic rings. The van der Waals surface area contributed by atoms with Gasteiger partial charge in [0.2, 0.25) is 5.95 Å². The number of rotatable bonds is 2. The number of aliphatic hydroxyl groups is 1. The van der Waals surface area contributed by atoms with E-state index in [-0.39, 0.29) is 11.9 Å². The van der Waals surface area contributed by atoms with Crippen LogP contribution in [0.5, 0.6) is 0 Å². The van der Waals surface area contributed by atoms with E-state index in [2.05, 4.69) is 14.9 Å². The number of fused-ring (bicyclic) bond motifs is 1. The van der Waals surface area contributed by atoms with Gasteiger partial charge in [0.05, 0.1) is 6.10 Å². The van der Waals surface area contributed by atoms with Gasteiger partial charge in [-0.05, 0) is 24.8 Å². The van der Waals surface area contributed by atoms with Crippen LogP contribution in [0.2, 0.25) is 0 Å². The Kier molecular flexibility index (Phi) is 2.66. The molecule has 18 heavy (non-hydrogen) atoms. The third kappa shape index (κ3) is 1.82. The normalized spacial score (nSPS) is 30.5. The standard InChI is InChI=1S/C12H17N5O/c13-11(14)9-3-4-15-12(16-9)17-5-7-1-2-10(18)8(7)6-17/h3-4,7-8,10,18H,1-2,5-6H2,(H3,13,14). The van der Waals surface area contributed by atoms with E-state index in [1.54, 1.807) is 12.3 Å². The fraction of sp³-hybridized carbons (Fsp3) is 0.583. The van der Waals surface area contributed by atoms with E-state index in [4.69, 9.17) is 11.1 Å². The molecule has 0 radical (unpaired) electrons. The maximum atomic E-state index is 9.89. The van der Waals surface area contributed by atoms with Gasteiger partial charge in [-0.25, -0.2) is 9.97 Å². The molecular formula is C12H17N5O. The minimum atomic E-state index is -0.184.